The monoisotopic (exact) mass is 545 g/mol. The summed E-state index contributed by atoms with van der Waals surface area (Å²) >= 11 is 0. The van der Waals surface area contributed by atoms with Crippen LogP contribution in [0.3, 0.4) is 0 Å². The van der Waals surface area contributed by atoms with Crippen LogP contribution in [-0.2, 0) is 23.9 Å². The molecule has 0 aromatic rings. The number of nitrogens with two attached hydrogens (primary N) is 2. The lowest BCUT2D eigenvalue weighted by atomic mass is 9.44. The van der Waals surface area contributed by atoms with Crippen LogP contribution >= 0.6 is 0 Å². The summed E-state index contributed by atoms with van der Waals surface area (Å²) in [5, 5.41) is 2.73. The molecule has 0 saturated heterocycles. The molecule has 4 fully saturated rings. The van der Waals surface area contributed by atoms with Crippen LogP contribution in [0.2, 0.25) is 0 Å². The van der Waals surface area contributed by atoms with Crippen molar-refractivity contribution in [3.8, 4) is 0 Å². The fraction of sp³-hybridized carbons (Fsp3) is 0.871. The number of fused-ring (bicyclic) bond motifs is 5. The molecule has 11 atom stereocenters. The molecular formula is C31H51N3O5. The first-order valence-electron chi connectivity index (χ1n) is 15.4. The molecule has 1 unspecified atom stereocenters. The highest BCUT2D eigenvalue weighted by atomic mass is 16.5. The molecular weight excluding hydrogens is 494 g/mol. The van der Waals surface area contributed by atoms with Gasteiger partial charge in [0.1, 0.15) is 17.9 Å². The summed E-state index contributed by atoms with van der Waals surface area (Å²) in [6.45, 7) is 10.5. The van der Waals surface area contributed by atoms with Crippen LogP contribution in [0.25, 0.3) is 0 Å². The predicted octanol–water partition coefficient (Wildman–Crippen LogP) is 3.88. The Morgan fingerprint density at radius 1 is 0.974 bits per heavy atom. The number of hydrogen-bond donors (Lipinski definition) is 3. The van der Waals surface area contributed by atoms with Crippen molar-refractivity contribution in [2.24, 2.45) is 57.8 Å². The zero-order valence-electron chi connectivity index (χ0n) is 24.7. The third kappa shape index (κ3) is 5.64. The smallest absolute Gasteiger partial charge is 0.329 e. The van der Waals surface area contributed by atoms with Crippen molar-refractivity contribution < 1.29 is 23.9 Å². The van der Waals surface area contributed by atoms with Gasteiger partial charge in [-0.15, -0.1) is 0 Å². The molecule has 0 radical (unpaired) electrons. The molecule has 2 amide bonds. The lowest BCUT2D eigenvalue weighted by Gasteiger charge is -2.61. The number of ether oxygens (including phenoxy) is 1. The van der Waals surface area contributed by atoms with E-state index in [-0.39, 0.29) is 35.2 Å². The van der Waals surface area contributed by atoms with Gasteiger partial charge in [0.05, 0.1) is 12.5 Å². The molecule has 0 bridgehead atoms. The summed E-state index contributed by atoms with van der Waals surface area (Å²) in [5.74, 6) is 1.38. The Balaban J connectivity index is 1.40. The van der Waals surface area contributed by atoms with Crippen LogP contribution in [0.15, 0.2) is 0 Å². The first-order chi connectivity index (χ1) is 18.3. The normalized spacial score (nSPS) is 39.7. The number of carbonyl (C=O) groups excluding carboxylic acids is 4. The Labute approximate surface area is 234 Å². The van der Waals surface area contributed by atoms with Crippen LogP contribution < -0.4 is 16.8 Å². The number of carbonyl (C=O) groups is 4. The van der Waals surface area contributed by atoms with E-state index in [0.29, 0.717) is 35.9 Å². The number of nitrogens with one attached hydrogen (secondary N) is 1. The molecule has 0 aliphatic heterocycles. The van der Waals surface area contributed by atoms with Crippen molar-refractivity contribution in [3.05, 3.63) is 0 Å². The number of hydrogen-bond acceptors (Lipinski definition) is 6. The first-order valence-corrected chi connectivity index (χ1v) is 15.4. The fourth-order valence-corrected chi connectivity index (χ4v) is 9.47. The van der Waals surface area contributed by atoms with E-state index in [4.69, 9.17) is 16.2 Å². The maximum atomic E-state index is 13.3. The van der Waals surface area contributed by atoms with Crippen molar-refractivity contribution in [3.63, 3.8) is 0 Å². The number of ketones is 1. The highest BCUT2D eigenvalue weighted by molar-refractivity contribution is 5.90. The van der Waals surface area contributed by atoms with Crippen LogP contribution in [-0.4, -0.2) is 41.8 Å². The zero-order chi connectivity index (χ0) is 28.7. The second-order valence-electron chi connectivity index (χ2n) is 13.9. The third-order valence-electron chi connectivity index (χ3n) is 11.9. The minimum absolute atomic E-state index is 0.131. The zero-order valence-corrected chi connectivity index (χ0v) is 24.7. The number of primary amides is 1. The minimum atomic E-state index is -1.09. The lowest BCUT2D eigenvalue weighted by Crippen LogP contribution is -2.55. The van der Waals surface area contributed by atoms with Crippen LogP contribution in [0.4, 0.5) is 0 Å². The third-order valence-corrected chi connectivity index (χ3v) is 11.9. The average molecular weight is 546 g/mol. The molecule has 0 aromatic heterocycles. The van der Waals surface area contributed by atoms with Gasteiger partial charge < -0.3 is 21.5 Å². The highest BCUT2D eigenvalue weighted by Gasteiger charge is 2.61. The van der Waals surface area contributed by atoms with Gasteiger partial charge in [0.25, 0.3) is 0 Å². The first kappa shape index (κ1) is 30.0. The Morgan fingerprint density at radius 2 is 1.64 bits per heavy atom. The van der Waals surface area contributed by atoms with Crippen LogP contribution in [0.1, 0.15) is 105 Å². The summed E-state index contributed by atoms with van der Waals surface area (Å²) in [6, 6.07) is -1.89. The van der Waals surface area contributed by atoms with E-state index in [1.807, 2.05) is 13.8 Å². The summed E-state index contributed by atoms with van der Waals surface area (Å²) in [6.07, 6.45) is 9.96. The Kier molecular flexibility index (Phi) is 8.85. The van der Waals surface area contributed by atoms with E-state index >= 15 is 0 Å². The number of esters is 1. The van der Waals surface area contributed by atoms with Gasteiger partial charge in [-0.05, 0) is 105 Å². The second kappa shape index (κ2) is 11.5. The quantitative estimate of drug-likeness (QED) is 0.376. The summed E-state index contributed by atoms with van der Waals surface area (Å²) < 4.78 is 6.07. The molecule has 4 saturated carbocycles. The highest BCUT2D eigenvalue weighted by Crippen LogP contribution is 2.67. The molecule has 4 aliphatic carbocycles. The Hall–Kier alpha value is -1.96. The van der Waals surface area contributed by atoms with E-state index in [1.165, 1.54) is 19.3 Å². The lowest BCUT2D eigenvalue weighted by molar-refractivity contribution is -0.167. The largest absolute Gasteiger partial charge is 0.461 e. The maximum Gasteiger partial charge on any atom is 0.329 e. The Morgan fingerprint density at radius 3 is 2.28 bits per heavy atom. The molecule has 4 rings (SSSR count). The molecule has 4 aliphatic rings. The van der Waals surface area contributed by atoms with Crippen molar-refractivity contribution in [2.45, 2.75) is 123 Å². The maximum absolute atomic E-state index is 13.3. The predicted molar refractivity (Wildman–Crippen MR) is 149 cm³/mol. The van der Waals surface area contributed by atoms with Crippen LogP contribution in [0.5, 0.6) is 0 Å². The standard InChI is InChI=1S/C31H51N3O5/c1-6-17(2)27(34-28(37)25(32)16-26(33)36)29(38)39-20-11-13-30(4)19(15-20)7-8-21-23-10-9-22(18(3)35)31(23,5)14-12-24(21)30/h17,19-25,27H,6-16,32H2,1-5H3,(H2,33,36)(H,34,37)/t17?,19-,20+,21-,22+,23-,24-,25-,27-,30-,31+/m0/s1. The van der Waals surface area contributed by atoms with Crippen molar-refractivity contribution >= 4 is 23.6 Å². The van der Waals surface area contributed by atoms with Gasteiger partial charge in [-0.25, -0.2) is 4.79 Å². The molecule has 39 heavy (non-hydrogen) atoms. The molecule has 0 spiro atoms. The second-order valence-corrected chi connectivity index (χ2v) is 13.9. The van der Waals surface area contributed by atoms with E-state index in [2.05, 4.69) is 19.2 Å². The van der Waals surface area contributed by atoms with E-state index in [1.54, 1.807) is 6.92 Å². The van der Waals surface area contributed by atoms with Gasteiger partial charge in [0.2, 0.25) is 11.8 Å². The van der Waals surface area contributed by atoms with E-state index < -0.39 is 29.9 Å². The number of rotatable bonds is 9. The molecule has 5 N–H and O–H groups in total. The number of Topliss-reactive ketones (excluding diaryl/α,β-unsaturated/α-hetero) is 1. The molecule has 220 valence electrons. The average Bonchev–Trinajstić information content (AvgIpc) is 3.24. The fourth-order valence-electron chi connectivity index (χ4n) is 9.47. The topological polar surface area (TPSA) is 142 Å². The summed E-state index contributed by atoms with van der Waals surface area (Å²) in [4.78, 5) is 49.5. The summed E-state index contributed by atoms with van der Waals surface area (Å²) in [7, 11) is 0. The van der Waals surface area contributed by atoms with Gasteiger partial charge in [-0.1, -0.05) is 34.1 Å². The van der Waals surface area contributed by atoms with Gasteiger partial charge in [0, 0.05) is 5.92 Å². The van der Waals surface area contributed by atoms with Gasteiger partial charge in [-0.2, -0.15) is 0 Å². The molecule has 0 aromatic carbocycles. The van der Waals surface area contributed by atoms with Crippen molar-refractivity contribution in [2.75, 3.05) is 0 Å². The molecule has 8 nitrogen and oxygen atoms in total. The van der Waals surface area contributed by atoms with E-state index in [9.17, 15) is 19.2 Å². The van der Waals surface area contributed by atoms with Gasteiger partial charge in [0.15, 0.2) is 0 Å². The van der Waals surface area contributed by atoms with E-state index in [0.717, 1.165) is 38.5 Å². The molecule has 8 heteroatoms. The van der Waals surface area contributed by atoms with Gasteiger partial charge in [-0.3, -0.25) is 14.4 Å². The van der Waals surface area contributed by atoms with Crippen LogP contribution in [0, 0.1) is 46.3 Å². The van der Waals surface area contributed by atoms with Crippen molar-refractivity contribution in [1.82, 2.24) is 5.32 Å². The molecule has 0 heterocycles. The Bertz CT molecular complexity index is 970. The SMILES string of the molecule is CCC(C)[C@H](NC(=O)[C@@H](N)CC(N)=O)C(=O)O[C@@H]1CC[C@@]2(C)[C@@H](CC[C@@H]3[C@@H]2CC[C@]2(C)[C@@H](C(C)=O)CC[C@@H]32)C1. The summed E-state index contributed by atoms with van der Waals surface area (Å²) in [5.41, 5.74) is 11.4. The number of amides is 2. The van der Waals surface area contributed by atoms with Gasteiger partial charge >= 0.3 is 5.97 Å². The van der Waals surface area contributed by atoms with Crippen molar-refractivity contribution in [1.29, 1.82) is 0 Å². The minimum Gasteiger partial charge on any atom is -0.461 e.